The number of fused-ring (bicyclic) bond motifs is 2. The summed E-state index contributed by atoms with van der Waals surface area (Å²) in [6.45, 7) is 1.06. The van der Waals surface area contributed by atoms with Gasteiger partial charge in [0.25, 0.3) is 5.69 Å². The minimum atomic E-state index is -0.833. The molecular weight excluding hydrogens is 701 g/mol. The first-order chi connectivity index (χ1) is 22.0. The molecule has 1 aromatic heterocycles. The molecule has 1 saturated heterocycles. The van der Waals surface area contributed by atoms with Crippen LogP contribution in [0.25, 0.3) is 22.2 Å². The van der Waals surface area contributed by atoms with Gasteiger partial charge in [0.1, 0.15) is 5.02 Å². The zero-order chi connectivity index (χ0) is 32.9. The van der Waals surface area contributed by atoms with Gasteiger partial charge in [-0.2, -0.15) is 0 Å². The van der Waals surface area contributed by atoms with Crippen LogP contribution in [0.5, 0.6) is 0 Å². The Morgan fingerprint density at radius 3 is 2.30 bits per heavy atom. The average molecular weight is 723 g/mol. The number of rotatable bonds is 7. The van der Waals surface area contributed by atoms with Crippen LogP contribution in [-0.2, 0) is 14.3 Å². The van der Waals surface area contributed by atoms with Crippen LogP contribution < -0.4 is 4.90 Å². The predicted molar refractivity (Wildman–Crippen MR) is 175 cm³/mol. The molecule has 0 radical (unpaired) electrons. The molecule has 232 valence electrons. The number of nitro groups is 1. The van der Waals surface area contributed by atoms with E-state index in [1.54, 1.807) is 37.3 Å². The van der Waals surface area contributed by atoms with Gasteiger partial charge in [0, 0.05) is 27.1 Å². The van der Waals surface area contributed by atoms with Crippen LogP contribution >= 0.6 is 39.1 Å². The Labute approximate surface area is 280 Å². The molecule has 0 saturated carbocycles. The number of hydrogen-bond donors (Lipinski definition) is 0. The van der Waals surface area contributed by atoms with E-state index in [0.717, 1.165) is 6.07 Å². The maximum Gasteiger partial charge on any atom is 0.339 e. The van der Waals surface area contributed by atoms with E-state index in [1.165, 1.54) is 23.1 Å². The molecule has 1 aliphatic carbocycles. The van der Waals surface area contributed by atoms with Crippen molar-refractivity contribution < 1.29 is 28.8 Å². The van der Waals surface area contributed by atoms with Crippen molar-refractivity contribution in [3.8, 4) is 11.3 Å². The van der Waals surface area contributed by atoms with Crippen molar-refractivity contribution in [2.45, 2.75) is 19.8 Å². The van der Waals surface area contributed by atoms with E-state index >= 15 is 0 Å². The number of aromatic nitrogens is 1. The monoisotopic (exact) mass is 721 g/mol. The van der Waals surface area contributed by atoms with E-state index in [0.29, 0.717) is 55.7 Å². The van der Waals surface area contributed by atoms with Gasteiger partial charge in [0.15, 0.2) is 6.61 Å². The second kappa shape index (κ2) is 12.4. The highest BCUT2D eigenvalue weighted by Crippen LogP contribution is 2.39. The fraction of sp³-hybridized carbons (Fsp3) is 0.182. The molecule has 13 heteroatoms. The van der Waals surface area contributed by atoms with Crippen LogP contribution in [0.15, 0.2) is 71.2 Å². The van der Waals surface area contributed by atoms with Crippen molar-refractivity contribution >= 4 is 85.0 Å². The highest BCUT2D eigenvalue weighted by atomic mass is 79.9. The van der Waals surface area contributed by atoms with Crippen molar-refractivity contribution in [3.05, 3.63) is 108 Å². The Morgan fingerprint density at radius 2 is 1.67 bits per heavy atom. The second-order valence-corrected chi connectivity index (χ2v) is 12.5. The average Bonchev–Trinajstić information content (AvgIpc) is 3.31. The molecule has 1 aliphatic heterocycles. The molecule has 10 nitrogen and oxygen atoms in total. The van der Waals surface area contributed by atoms with Gasteiger partial charge in [-0.1, -0.05) is 47.5 Å². The lowest BCUT2D eigenvalue weighted by Gasteiger charge is -2.16. The number of nitrogens with zero attached hydrogens (tertiary/aromatic N) is 3. The van der Waals surface area contributed by atoms with Crippen molar-refractivity contribution in [2.24, 2.45) is 11.8 Å². The first kappa shape index (κ1) is 31.5. The number of pyridine rings is 1. The van der Waals surface area contributed by atoms with Crippen molar-refractivity contribution in [2.75, 3.05) is 11.5 Å². The smallest absolute Gasteiger partial charge is 0.339 e. The Balaban J connectivity index is 1.32. The summed E-state index contributed by atoms with van der Waals surface area (Å²) in [6.07, 6.45) is 4.93. The molecule has 1 fully saturated rings. The number of esters is 1. The lowest BCUT2D eigenvalue weighted by atomic mass is 9.85. The number of anilines is 1. The number of allylic oxidation sites excluding steroid dienone is 2. The van der Waals surface area contributed by atoms with Gasteiger partial charge in [0.05, 0.1) is 44.2 Å². The molecule has 0 N–H and O–H groups in total. The van der Waals surface area contributed by atoms with Crippen molar-refractivity contribution in [1.82, 2.24) is 4.98 Å². The van der Waals surface area contributed by atoms with E-state index in [4.69, 9.17) is 32.9 Å². The number of ether oxygens (including phenoxy) is 1. The summed E-state index contributed by atoms with van der Waals surface area (Å²) in [5.41, 5.74) is 2.03. The Kier molecular flexibility index (Phi) is 8.49. The van der Waals surface area contributed by atoms with Crippen LogP contribution in [0.1, 0.15) is 39.1 Å². The van der Waals surface area contributed by atoms with Crippen LogP contribution in [0, 0.1) is 28.9 Å². The first-order valence-corrected chi connectivity index (χ1v) is 15.6. The number of imide groups is 1. The third-order valence-electron chi connectivity index (χ3n) is 8.17. The van der Waals surface area contributed by atoms with E-state index in [2.05, 4.69) is 15.9 Å². The van der Waals surface area contributed by atoms with Crippen LogP contribution in [0.4, 0.5) is 11.4 Å². The molecule has 3 aromatic carbocycles. The molecular formula is C33H22BrCl2N3O7. The Hall–Kier alpha value is -4.45. The van der Waals surface area contributed by atoms with Gasteiger partial charge in [-0.25, -0.2) is 9.78 Å². The number of carbonyl (C=O) groups excluding carboxylic acids is 4. The van der Waals surface area contributed by atoms with E-state index < -0.39 is 29.0 Å². The number of hydrogen-bond acceptors (Lipinski definition) is 8. The number of ketones is 1. The fourth-order valence-electron chi connectivity index (χ4n) is 5.73. The van der Waals surface area contributed by atoms with Crippen LogP contribution in [0.3, 0.4) is 0 Å². The van der Waals surface area contributed by atoms with Gasteiger partial charge in [0.2, 0.25) is 17.6 Å². The number of amides is 2. The number of aryl methyl sites for hydroxylation is 1. The minimum absolute atomic E-state index is 0.0416. The van der Waals surface area contributed by atoms with E-state index in [-0.39, 0.29) is 39.8 Å². The predicted octanol–water partition coefficient (Wildman–Crippen LogP) is 7.68. The summed E-state index contributed by atoms with van der Waals surface area (Å²) in [5.74, 6) is -2.66. The van der Waals surface area contributed by atoms with Crippen molar-refractivity contribution in [3.63, 3.8) is 0 Å². The maximum atomic E-state index is 13.5. The quantitative estimate of drug-likeness (QED) is 0.0473. The normalized spacial score (nSPS) is 17.3. The van der Waals surface area contributed by atoms with Gasteiger partial charge >= 0.3 is 5.97 Å². The summed E-state index contributed by atoms with van der Waals surface area (Å²) in [5, 5.41) is 11.9. The molecule has 2 heterocycles. The largest absolute Gasteiger partial charge is 0.454 e. The van der Waals surface area contributed by atoms with Gasteiger partial charge in [-0.15, -0.1) is 0 Å². The highest BCUT2D eigenvalue weighted by molar-refractivity contribution is 9.10. The van der Waals surface area contributed by atoms with Crippen LogP contribution in [-0.4, -0.2) is 40.1 Å². The zero-order valence-corrected chi connectivity index (χ0v) is 27.1. The molecule has 2 unspecified atom stereocenters. The third-order valence-corrected chi connectivity index (χ3v) is 9.83. The first-order valence-electron chi connectivity index (χ1n) is 14.0. The molecule has 4 aromatic rings. The number of Topliss-reactive ketones (excluding diaryl/α,β-unsaturated/α-hetero) is 1. The van der Waals surface area contributed by atoms with Gasteiger partial charge < -0.3 is 4.74 Å². The molecule has 0 bridgehead atoms. The van der Waals surface area contributed by atoms with E-state index in [9.17, 15) is 29.3 Å². The number of halogens is 3. The molecule has 0 spiro atoms. The summed E-state index contributed by atoms with van der Waals surface area (Å²) >= 11 is 15.8. The summed E-state index contributed by atoms with van der Waals surface area (Å²) in [7, 11) is 0. The van der Waals surface area contributed by atoms with Gasteiger partial charge in [-0.3, -0.25) is 29.4 Å². The van der Waals surface area contributed by atoms with Gasteiger partial charge in [-0.05, 0) is 77.7 Å². The SMILES string of the molecule is Cc1c(Cl)c(Br)cc2c(C(=O)OCC(=O)c3ccc(Cl)c([N+](=O)[O-])c3)cc(-c3ccc(N4C(=O)C5CC=CCC5C4=O)cc3)nc12. The van der Waals surface area contributed by atoms with Crippen molar-refractivity contribution in [1.29, 1.82) is 0 Å². The number of carbonyl (C=O) groups is 4. The lowest BCUT2D eigenvalue weighted by molar-refractivity contribution is -0.384. The molecule has 46 heavy (non-hydrogen) atoms. The van der Waals surface area contributed by atoms with Crippen LogP contribution in [0.2, 0.25) is 10.0 Å². The maximum absolute atomic E-state index is 13.5. The Bertz CT molecular complexity index is 2000. The zero-order valence-electron chi connectivity index (χ0n) is 24.0. The fourth-order valence-corrected chi connectivity index (χ4v) is 6.59. The standard InChI is InChI=1S/C33H22BrCl2N3O7/c1-16-29(36)24(34)13-22-23(33(43)46-15-28(40)18-8-11-25(35)27(12-18)39(44)45)14-26(37-30(16)22)17-6-9-19(10-7-17)38-31(41)20-4-2-3-5-21(20)32(38)42/h2-3,6-14,20-21H,4-5,15H2,1H3. The Morgan fingerprint density at radius 1 is 1.02 bits per heavy atom. The summed E-state index contributed by atoms with van der Waals surface area (Å²) in [6, 6.07) is 13.4. The van der Waals surface area contributed by atoms with E-state index in [1.807, 2.05) is 12.2 Å². The summed E-state index contributed by atoms with van der Waals surface area (Å²) < 4.78 is 5.91. The topological polar surface area (TPSA) is 137 Å². The molecule has 2 amide bonds. The lowest BCUT2D eigenvalue weighted by Crippen LogP contribution is -2.30. The molecule has 6 rings (SSSR count). The summed E-state index contributed by atoms with van der Waals surface area (Å²) in [4.78, 5) is 68.9. The molecule has 2 atom stereocenters. The highest BCUT2D eigenvalue weighted by Gasteiger charge is 2.47. The minimum Gasteiger partial charge on any atom is -0.454 e. The number of benzene rings is 3. The second-order valence-electron chi connectivity index (χ2n) is 10.9. The molecule has 2 aliphatic rings. The third kappa shape index (κ3) is 5.59. The number of nitro benzene ring substituents is 1.